The highest BCUT2D eigenvalue weighted by Crippen LogP contribution is 2.31. The summed E-state index contributed by atoms with van der Waals surface area (Å²) in [5.74, 6) is -2.15. The summed E-state index contributed by atoms with van der Waals surface area (Å²) in [5.41, 5.74) is 5.46. The van der Waals surface area contributed by atoms with E-state index in [1.54, 1.807) is 6.07 Å². The zero-order valence-electron chi connectivity index (χ0n) is 16.7. The number of carbonyl (C=O) groups excluding carboxylic acids is 1. The van der Waals surface area contributed by atoms with E-state index in [-0.39, 0.29) is 35.7 Å². The highest BCUT2D eigenvalue weighted by molar-refractivity contribution is 14.1. The smallest absolute Gasteiger partial charge is 0.254 e. The van der Waals surface area contributed by atoms with Gasteiger partial charge in [-0.2, -0.15) is 0 Å². The Balaban J connectivity index is 1.70. The lowest BCUT2D eigenvalue weighted by Gasteiger charge is -2.28. The quantitative estimate of drug-likeness (QED) is 0.418. The van der Waals surface area contributed by atoms with Crippen molar-refractivity contribution in [2.75, 3.05) is 44.8 Å². The van der Waals surface area contributed by atoms with E-state index < -0.39 is 23.6 Å². The van der Waals surface area contributed by atoms with E-state index in [0.717, 1.165) is 25.2 Å². The second kappa shape index (κ2) is 11.0. The Morgan fingerprint density at radius 2 is 2.00 bits per heavy atom. The summed E-state index contributed by atoms with van der Waals surface area (Å²) in [7, 11) is 0. The van der Waals surface area contributed by atoms with E-state index in [0.29, 0.717) is 23.3 Å². The number of nitrogens with one attached hydrogen (secondary N) is 1. The van der Waals surface area contributed by atoms with Crippen LogP contribution in [0.25, 0.3) is 0 Å². The molecule has 2 aromatic rings. The normalized spacial score (nSPS) is 15.5. The van der Waals surface area contributed by atoms with Gasteiger partial charge >= 0.3 is 0 Å². The van der Waals surface area contributed by atoms with E-state index in [4.69, 9.17) is 15.2 Å². The van der Waals surface area contributed by atoms with Crippen LogP contribution >= 0.6 is 22.6 Å². The minimum atomic E-state index is -0.850. The minimum Gasteiger partial charge on any atom is -0.492 e. The third-order valence-corrected chi connectivity index (χ3v) is 5.47. The first-order valence-electron chi connectivity index (χ1n) is 9.80. The highest BCUT2D eigenvalue weighted by atomic mass is 127. The van der Waals surface area contributed by atoms with Gasteiger partial charge in [0, 0.05) is 35.7 Å². The van der Waals surface area contributed by atoms with Gasteiger partial charge in [-0.15, -0.1) is 0 Å². The lowest BCUT2D eigenvalue weighted by Crippen LogP contribution is -2.41. The zero-order chi connectivity index (χ0) is 22.4. The number of nitrogens with zero attached hydrogens (tertiary/aromatic N) is 1. The van der Waals surface area contributed by atoms with Crippen LogP contribution in [0.4, 0.5) is 20.2 Å². The molecule has 1 aliphatic heterocycles. The number of nitrogens with two attached hydrogens (primary N) is 1. The van der Waals surface area contributed by atoms with Crippen molar-refractivity contribution in [3.63, 3.8) is 0 Å². The number of hydrogen-bond donors (Lipinski definition) is 3. The van der Waals surface area contributed by atoms with Crippen LogP contribution in [0.3, 0.4) is 0 Å². The minimum absolute atomic E-state index is 0.00327. The van der Waals surface area contributed by atoms with Crippen molar-refractivity contribution in [1.29, 1.82) is 0 Å². The molecule has 1 saturated heterocycles. The average Bonchev–Trinajstić information content (AvgIpc) is 2.70. The number of halogens is 3. The molecule has 168 valence electrons. The maximum Gasteiger partial charge on any atom is 0.254 e. The van der Waals surface area contributed by atoms with Gasteiger partial charge in [0.1, 0.15) is 22.9 Å². The summed E-state index contributed by atoms with van der Waals surface area (Å²) in [4.78, 5) is 14.1. The number of benzene rings is 2. The average molecular weight is 547 g/mol. The van der Waals surface area contributed by atoms with Crippen LogP contribution in [0.2, 0.25) is 0 Å². The van der Waals surface area contributed by atoms with Crippen LogP contribution in [0.1, 0.15) is 16.8 Å². The van der Waals surface area contributed by atoms with E-state index in [1.165, 1.54) is 12.1 Å². The predicted octanol–water partition coefficient (Wildman–Crippen LogP) is 2.87. The Morgan fingerprint density at radius 3 is 2.68 bits per heavy atom. The topological polar surface area (TPSA) is 97.1 Å². The van der Waals surface area contributed by atoms with Gasteiger partial charge in [0.2, 0.25) is 0 Å². The molecule has 0 aliphatic carbocycles. The van der Waals surface area contributed by atoms with Crippen molar-refractivity contribution in [3.05, 3.63) is 51.1 Å². The van der Waals surface area contributed by atoms with Crippen LogP contribution in [0, 0.1) is 15.2 Å². The van der Waals surface area contributed by atoms with Gasteiger partial charge in [0.05, 0.1) is 37.3 Å². The lowest BCUT2D eigenvalue weighted by atomic mass is 10.1. The second-order valence-electron chi connectivity index (χ2n) is 7.14. The number of anilines is 2. The molecule has 1 fully saturated rings. The number of hydrogen-bond acceptors (Lipinski definition) is 6. The first-order valence-corrected chi connectivity index (χ1v) is 10.9. The van der Waals surface area contributed by atoms with Crippen LogP contribution in [-0.4, -0.2) is 61.5 Å². The Morgan fingerprint density at radius 1 is 1.26 bits per heavy atom. The molecule has 0 radical (unpaired) electrons. The van der Waals surface area contributed by atoms with Gasteiger partial charge in [-0.1, -0.05) is 0 Å². The fourth-order valence-electron chi connectivity index (χ4n) is 3.26. The molecule has 31 heavy (non-hydrogen) atoms. The molecule has 1 aliphatic rings. The molecule has 7 nitrogen and oxygen atoms in total. The summed E-state index contributed by atoms with van der Waals surface area (Å²) < 4.78 is 40.0. The van der Waals surface area contributed by atoms with Crippen LogP contribution in [0.5, 0.6) is 5.75 Å². The number of amides is 1. The summed E-state index contributed by atoms with van der Waals surface area (Å²) in [5, 5.41) is 12.9. The summed E-state index contributed by atoms with van der Waals surface area (Å²) in [6.07, 6.45) is -0.372. The number of β-amino-alcohol motifs (C(OH)–C–C–N with tert-alkyl or cyclic N) is 1. The molecule has 10 heteroatoms. The van der Waals surface area contributed by atoms with Crippen LogP contribution in [-0.2, 0) is 4.74 Å². The molecule has 0 aromatic heterocycles. The van der Waals surface area contributed by atoms with Crippen molar-refractivity contribution in [2.45, 2.75) is 12.5 Å². The summed E-state index contributed by atoms with van der Waals surface area (Å²) in [6.45, 7) is 3.27. The van der Waals surface area contributed by atoms with E-state index in [9.17, 15) is 18.7 Å². The summed E-state index contributed by atoms with van der Waals surface area (Å²) in [6, 6.07) is 6.55. The van der Waals surface area contributed by atoms with Gasteiger partial charge in [-0.25, -0.2) is 8.78 Å². The van der Waals surface area contributed by atoms with Crippen molar-refractivity contribution in [1.82, 2.24) is 4.90 Å². The van der Waals surface area contributed by atoms with Crippen molar-refractivity contribution in [2.24, 2.45) is 5.73 Å². The number of primary amides is 1. The Bertz CT molecular complexity index is 926. The first kappa shape index (κ1) is 23.6. The monoisotopic (exact) mass is 547 g/mol. The molecule has 0 saturated carbocycles. The number of aliphatic hydroxyl groups is 1. The highest BCUT2D eigenvalue weighted by Gasteiger charge is 2.20. The molecule has 1 atom stereocenters. The third-order valence-electron chi connectivity index (χ3n) is 4.80. The predicted molar refractivity (Wildman–Crippen MR) is 121 cm³/mol. The fraction of sp³-hybridized carbons (Fsp3) is 0.381. The maximum absolute atomic E-state index is 14.2. The molecule has 0 bridgehead atoms. The van der Waals surface area contributed by atoms with Gasteiger partial charge in [-0.3, -0.25) is 9.69 Å². The van der Waals surface area contributed by atoms with Gasteiger partial charge in [0.15, 0.2) is 0 Å². The molecule has 2 aromatic carbocycles. The van der Waals surface area contributed by atoms with Crippen molar-refractivity contribution in [3.8, 4) is 5.75 Å². The third kappa shape index (κ3) is 6.73. The molecule has 3 rings (SSSR count). The van der Waals surface area contributed by atoms with Crippen LogP contribution < -0.4 is 15.8 Å². The molecule has 1 heterocycles. The number of aliphatic hydroxyl groups excluding tert-OH is 1. The van der Waals surface area contributed by atoms with Crippen molar-refractivity contribution < 1.29 is 28.2 Å². The molecular weight excluding hydrogens is 523 g/mol. The zero-order valence-corrected chi connectivity index (χ0v) is 18.9. The largest absolute Gasteiger partial charge is 0.492 e. The van der Waals surface area contributed by atoms with Gasteiger partial charge in [-0.05, 0) is 46.9 Å². The molecule has 4 N–H and O–H groups in total. The molecule has 1 amide bonds. The fourth-order valence-corrected chi connectivity index (χ4v) is 3.72. The second-order valence-corrected chi connectivity index (χ2v) is 8.39. The molecular formula is C21H24F2IN3O4. The Hall–Kier alpha value is -2.02. The van der Waals surface area contributed by atoms with E-state index in [1.807, 2.05) is 22.6 Å². The van der Waals surface area contributed by atoms with Gasteiger partial charge < -0.3 is 25.6 Å². The Labute approximate surface area is 192 Å². The SMILES string of the molecule is NC(=O)c1c(Nc2ccc(I)cc2F)cc(F)cc1OCCC(O)CN1CCOCC1. The lowest BCUT2D eigenvalue weighted by molar-refractivity contribution is 0.0108. The van der Waals surface area contributed by atoms with E-state index >= 15 is 0 Å². The first-order chi connectivity index (χ1) is 14.8. The van der Waals surface area contributed by atoms with Gasteiger partial charge in [0.25, 0.3) is 5.91 Å². The standard InChI is InChI=1S/C21H24F2IN3O4/c22-13-9-18(26-17-2-1-14(24)11-16(17)23)20(21(25)29)19(10-13)31-6-3-15(28)12-27-4-7-30-8-5-27/h1-2,9-11,15,26,28H,3-8,12H2,(H2,25,29). The van der Waals surface area contributed by atoms with Crippen molar-refractivity contribution >= 4 is 39.9 Å². The molecule has 1 unspecified atom stereocenters. The van der Waals surface area contributed by atoms with E-state index in [2.05, 4.69) is 10.2 Å². The number of ether oxygens (including phenoxy) is 2. The Kier molecular flexibility index (Phi) is 8.41. The number of rotatable bonds is 9. The van der Waals surface area contributed by atoms with Crippen LogP contribution in [0.15, 0.2) is 30.3 Å². The molecule has 0 spiro atoms. The summed E-state index contributed by atoms with van der Waals surface area (Å²) >= 11 is 1.97. The number of carbonyl (C=O) groups is 1. The number of morpholine rings is 1. The maximum atomic E-state index is 14.2.